The van der Waals surface area contributed by atoms with E-state index in [2.05, 4.69) is 13.8 Å². The van der Waals surface area contributed by atoms with Crippen molar-refractivity contribution in [2.24, 2.45) is 0 Å². The van der Waals surface area contributed by atoms with Gasteiger partial charge in [0.05, 0.1) is 0 Å². The molecule has 0 aromatic rings. The molecule has 31 heavy (non-hydrogen) atoms. The van der Waals surface area contributed by atoms with Crippen LogP contribution in [0.4, 0.5) is 0 Å². The Morgan fingerprint density at radius 3 is 0.806 bits per heavy atom. The summed E-state index contributed by atoms with van der Waals surface area (Å²) in [6.07, 6.45) is 25.2. The molecule has 0 unspecified atom stereocenters. The number of hydrogen-bond acceptors (Lipinski definition) is 4. The third-order valence-corrected chi connectivity index (χ3v) is 5.47. The zero-order valence-electron chi connectivity index (χ0n) is 20.7. The van der Waals surface area contributed by atoms with Crippen LogP contribution in [-0.4, -0.2) is 11.9 Å². The van der Waals surface area contributed by atoms with E-state index in [0.29, 0.717) is 0 Å². The largest absolute Gasteiger partial charge is 2.00 e. The molecule has 0 radical (unpaired) electrons. The Kier molecular flexibility index (Phi) is 36.6. The van der Waals surface area contributed by atoms with Crippen LogP contribution in [0.15, 0.2) is 0 Å². The Morgan fingerprint density at radius 1 is 0.419 bits per heavy atom. The van der Waals surface area contributed by atoms with E-state index in [9.17, 15) is 19.8 Å². The maximum absolute atomic E-state index is 10.1. The quantitative estimate of drug-likeness (QED) is 0.163. The van der Waals surface area contributed by atoms with Gasteiger partial charge >= 0.3 is 26.2 Å². The van der Waals surface area contributed by atoms with Crippen LogP contribution in [-0.2, 0) is 35.8 Å². The van der Waals surface area contributed by atoms with Crippen LogP contribution in [0.3, 0.4) is 0 Å². The molecule has 0 atom stereocenters. The minimum Gasteiger partial charge on any atom is -0.550 e. The second-order valence-electron chi connectivity index (χ2n) is 8.61. The van der Waals surface area contributed by atoms with Gasteiger partial charge in [0.1, 0.15) is 0 Å². The van der Waals surface area contributed by atoms with Crippen LogP contribution in [0.25, 0.3) is 0 Å². The molecular formula is C26H50O4Zr. The van der Waals surface area contributed by atoms with Crippen LogP contribution < -0.4 is 10.2 Å². The van der Waals surface area contributed by atoms with Crippen molar-refractivity contribution in [1.82, 2.24) is 0 Å². The van der Waals surface area contributed by atoms with Gasteiger partial charge in [0.2, 0.25) is 0 Å². The van der Waals surface area contributed by atoms with Crippen molar-refractivity contribution in [2.75, 3.05) is 0 Å². The second-order valence-corrected chi connectivity index (χ2v) is 8.61. The first-order chi connectivity index (χ1) is 14.5. The standard InChI is InChI=1S/2C13H26O2.Zr/c2*1-2-3-4-5-6-7-8-9-10-11-12-13(14)15;/h2*2-12H2,1H3,(H,14,15);/q;;+2/p-2. The normalized spacial score (nSPS) is 10.1. The van der Waals surface area contributed by atoms with Gasteiger partial charge in [-0.05, 0) is 25.7 Å². The number of rotatable bonds is 22. The van der Waals surface area contributed by atoms with Crippen molar-refractivity contribution in [1.29, 1.82) is 0 Å². The summed E-state index contributed by atoms with van der Waals surface area (Å²) in [4.78, 5) is 20.2. The fourth-order valence-electron chi connectivity index (χ4n) is 3.51. The second kappa shape index (κ2) is 32.0. The average Bonchev–Trinajstić information content (AvgIpc) is 2.71. The molecule has 0 aliphatic carbocycles. The molecule has 4 nitrogen and oxygen atoms in total. The summed E-state index contributed by atoms with van der Waals surface area (Å²) < 4.78 is 0. The third-order valence-electron chi connectivity index (χ3n) is 5.47. The van der Waals surface area contributed by atoms with Crippen LogP contribution >= 0.6 is 0 Å². The Morgan fingerprint density at radius 2 is 0.613 bits per heavy atom. The maximum Gasteiger partial charge on any atom is 2.00 e. The summed E-state index contributed by atoms with van der Waals surface area (Å²) in [5.41, 5.74) is 0. The Bertz CT molecular complexity index is 327. The summed E-state index contributed by atoms with van der Waals surface area (Å²) >= 11 is 0. The van der Waals surface area contributed by atoms with Gasteiger partial charge in [-0.25, -0.2) is 0 Å². The van der Waals surface area contributed by atoms with E-state index in [-0.39, 0.29) is 39.0 Å². The van der Waals surface area contributed by atoms with Crippen LogP contribution in [0, 0.1) is 0 Å². The molecule has 0 saturated heterocycles. The van der Waals surface area contributed by atoms with E-state index in [4.69, 9.17) is 0 Å². The van der Waals surface area contributed by atoms with Gasteiger partial charge < -0.3 is 19.8 Å². The van der Waals surface area contributed by atoms with Crippen molar-refractivity contribution in [3.63, 3.8) is 0 Å². The predicted molar refractivity (Wildman–Crippen MR) is 123 cm³/mol. The third kappa shape index (κ3) is 40.7. The molecule has 0 aromatic heterocycles. The predicted octanol–water partition coefficient (Wildman–Crippen LogP) is 6.09. The Balaban J connectivity index is -0.000000490. The van der Waals surface area contributed by atoms with Gasteiger partial charge in [-0.2, -0.15) is 0 Å². The Labute approximate surface area is 212 Å². The van der Waals surface area contributed by atoms with E-state index < -0.39 is 11.9 Å². The number of carboxylic acids is 2. The number of carboxylic acid groups (broad SMARTS) is 2. The first kappa shape index (κ1) is 35.4. The maximum atomic E-state index is 10.1. The van der Waals surface area contributed by atoms with Gasteiger partial charge in [-0.15, -0.1) is 0 Å². The molecule has 0 saturated carbocycles. The molecule has 0 aliphatic heterocycles. The number of hydrogen-bond donors (Lipinski definition) is 0. The van der Waals surface area contributed by atoms with Gasteiger partial charge in [0.25, 0.3) is 0 Å². The number of carbonyl (C=O) groups is 2. The van der Waals surface area contributed by atoms with E-state index in [1.165, 1.54) is 103 Å². The SMILES string of the molecule is CCCCCCCCCCCCC(=O)[O-].CCCCCCCCCCCCC(=O)[O-].[Zr+2]. The molecule has 0 fully saturated rings. The number of unbranched alkanes of at least 4 members (excludes halogenated alkanes) is 18. The van der Waals surface area contributed by atoms with Gasteiger partial charge in [-0.3, -0.25) is 0 Å². The molecule has 0 heterocycles. The molecular weight excluding hydrogens is 468 g/mol. The van der Waals surface area contributed by atoms with Gasteiger partial charge in [0, 0.05) is 11.9 Å². The summed E-state index contributed by atoms with van der Waals surface area (Å²) in [6.45, 7) is 4.47. The van der Waals surface area contributed by atoms with Gasteiger partial charge in [0.15, 0.2) is 0 Å². The molecule has 0 amide bonds. The minimum absolute atomic E-state index is 0. The summed E-state index contributed by atoms with van der Waals surface area (Å²) in [6, 6.07) is 0. The van der Waals surface area contributed by atoms with Crippen LogP contribution in [0.5, 0.6) is 0 Å². The van der Waals surface area contributed by atoms with Crippen molar-refractivity contribution < 1.29 is 46.0 Å². The van der Waals surface area contributed by atoms with E-state index >= 15 is 0 Å². The molecule has 0 aromatic carbocycles. The van der Waals surface area contributed by atoms with Crippen LogP contribution in [0.2, 0.25) is 0 Å². The minimum atomic E-state index is -0.908. The van der Waals surface area contributed by atoms with Crippen molar-refractivity contribution >= 4 is 11.9 Å². The van der Waals surface area contributed by atoms with E-state index in [0.717, 1.165) is 25.7 Å². The molecule has 0 bridgehead atoms. The molecule has 0 rings (SSSR count). The van der Waals surface area contributed by atoms with Crippen molar-refractivity contribution in [3.05, 3.63) is 0 Å². The zero-order chi connectivity index (χ0) is 22.7. The van der Waals surface area contributed by atoms with Crippen LogP contribution in [0.1, 0.15) is 155 Å². The fourth-order valence-corrected chi connectivity index (χ4v) is 3.51. The number of carbonyl (C=O) groups excluding carboxylic acids is 2. The first-order valence-corrected chi connectivity index (χ1v) is 12.9. The zero-order valence-corrected chi connectivity index (χ0v) is 23.1. The molecule has 0 aliphatic rings. The summed E-state index contributed by atoms with van der Waals surface area (Å²) in [7, 11) is 0. The summed E-state index contributed by atoms with van der Waals surface area (Å²) in [5.74, 6) is -1.82. The Hall–Kier alpha value is -0.177. The fraction of sp³-hybridized carbons (Fsp3) is 0.923. The van der Waals surface area contributed by atoms with E-state index in [1.54, 1.807) is 0 Å². The topological polar surface area (TPSA) is 80.3 Å². The van der Waals surface area contributed by atoms with Crippen molar-refractivity contribution in [2.45, 2.75) is 155 Å². The number of aliphatic carboxylic acids is 2. The smallest absolute Gasteiger partial charge is 0.550 e. The van der Waals surface area contributed by atoms with Crippen molar-refractivity contribution in [3.8, 4) is 0 Å². The monoisotopic (exact) mass is 516 g/mol. The van der Waals surface area contributed by atoms with Gasteiger partial charge in [-0.1, -0.05) is 129 Å². The molecule has 182 valence electrons. The molecule has 0 N–H and O–H groups in total. The first-order valence-electron chi connectivity index (χ1n) is 12.9. The molecule has 5 heteroatoms. The average molecular weight is 518 g/mol. The van der Waals surface area contributed by atoms with E-state index in [1.807, 2.05) is 0 Å². The summed E-state index contributed by atoms with van der Waals surface area (Å²) in [5, 5.41) is 20.2. The molecule has 0 spiro atoms.